The monoisotopic (exact) mass is 407 g/mol. The molecule has 30 heavy (non-hydrogen) atoms. The van der Waals surface area contributed by atoms with E-state index in [1.165, 1.54) is 5.57 Å². The van der Waals surface area contributed by atoms with Crippen LogP contribution in [0.3, 0.4) is 0 Å². The standard InChI is InChI=1S/C24H17N5S/c1-29-8-9-30-24(29)22-13-21-12-19-5-4-17(26-19)10-15-2-3-16(25-15)11-18-6-7-20(27-18)14-23(22)28-21/h2-14,24H,1H3. The van der Waals surface area contributed by atoms with Gasteiger partial charge in [-0.1, -0.05) is 0 Å². The number of allylic oxidation sites excluding steroid dienone is 11. The topological polar surface area (TPSA) is 52.7 Å². The van der Waals surface area contributed by atoms with Crippen molar-refractivity contribution in [2.24, 2.45) is 20.0 Å². The number of hydrogen-bond donors (Lipinski definition) is 0. The van der Waals surface area contributed by atoms with Gasteiger partial charge in [0, 0.05) is 18.8 Å². The molecule has 0 N–H and O–H groups in total. The fraction of sp³-hybridized carbons (Fsp3) is 0.0833. The SMILES string of the molecule is CN1C=CSC1C1=CC2=CC3=NC(=CC4=NC(=CC5=NC(=CC1=N2)C=C5)C=C4)C=C3. The van der Waals surface area contributed by atoms with E-state index in [0.29, 0.717) is 0 Å². The Labute approximate surface area is 178 Å². The minimum Gasteiger partial charge on any atom is -0.364 e. The van der Waals surface area contributed by atoms with Crippen molar-refractivity contribution in [2.75, 3.05) is 7.05 Å². The van der Waals surface area contributed by atoms with Crippen LogP contribution in [0.25, 0.3) is 0 Å². The van der Waals surface area contributed by atoms with E-state index < -0.39 is 0 Å². The molecule has 0 aromatic heterocycles. The van der Waals surface area contributed by atoms with Gasteiger partial charge in [0.25, 0.3) is 0 Å². The largest absolute Gasteiger partial charge is 0.364 e. The maximum atomic E-state index is 4.91. The summed E-state index contributed by atoms with van der Waals surface area (Å²) in [7, 11) is 2.09. The molecule has 6 aliphatic rings. The molecule has 0 fully saturated rings. The van der Waals surface area contributed by atoms with Crippen molar-refractivity contribution >= 4 is 34.6 Å². The second-order valence-corrected chi connectivity index (χ2v) is 8.41. The molecule has 6 aliphatic heterocycles. The summed E-state index contributed by atoms with van der Waals surface area (Å²) in [6, 6.07) is 0. The Bertz CT molecular complexity index is 1270. The molecule has 8 bridgehead atoms. The van der Waals surface area contributed by atoms with Gasteiger partial charge >= 0.3 is 0 Å². The average molecular weight is 408 g/mol. The Hall–Kier alpha value is -3.51. The maximum absolute atomic E-state index is 4.91. The molecule has 6 heteroatoms. The zero-order valence-electron chi connectivity index (χ0n) is 16.2. The third kappa shape index (κ3) is 3.15. The second-order valence-electron chi connectivity index (χ2n) is 7.42. The zero-order chi connectivity index (χ0) is 20.1. The summed E-state index contributed by atoms with van der Waals surface area (Å²) < 4.78 is 0. The number of fused-ring (bicyclic) bond motifs is 4. The summed E-state index contributed by atoms with van der Waals surface area (Å²) in [5.41, 5.74) is 8.37. The molecule has 0 aliphatic carbocycles. The first-order chi connectivity index (χ1) is 14.7. The molecule has 1 atom stereocenters. The first-order valence-electron chi connectivity index (χ1n) is 9.71. The maximum Gasteiger partial charge on any atom is 0.106 e. The van der Waals surface area contributed by atoms with E-state index in [9.17, 15) is 0 Å². The number of likely N-dealkylation sites (N-methyl/N-ethyl adjacent to an activating group) is 1. The van der Waals surface area contributed by atoms with Crippen molar-refractivity contribution < 1.29 is 0 Å². The lowest BCUT2D eigenvalue weighted by Gasteiger charge is -2.21. The third-order valence-electron chi connectivity index (χ3n) is 5.21. The van der Waals surface area contributed by atoms with Gasteiger partial charge in [-0.25, -0.2) is 20.0 Å². The quantitative estimate of drug-likeness (QED) is 0.646. The van der Waals surface area contributed by atoms with Crippen LogP contribution in [0.4, 0.5) is 0 Å². The summed E-state index contributed by atoms with van der Waals surface area (Å²) in [5, 5.41) is 2.33. The van der Waals surface area contributed by atoms with E-state index in [0.717, 1.165) is 45.6 Å². The van der Waals surface area contributed by atoms with Crippen molar-refractivity contribution in [1.29, 1.82) is 0 Å². The van der Waals surface area contributed by atoms with Gasteiger partial charge < -0.3 is 4.90 Å². The molecule has 5 nitrogen and oxygen atoms in total. The van der Waals surface area contributed by atoms with Crippen LogP contribution in [0.2, 0.25) is 0 Å². The highest BCUT2D eigenvalue weighted by Gasteiger charge is 2.28. The summed E-state index contributed by atoms with van der Waals surface area (Å²) in [5.74, 6) is 0. The first-order valence-corrected chi connectivity index (χ1v) is 10.7. The highest BCUT2D eigenvalue weighted by atomic mass is 32.2. The van der Waals surface area contributed by atoms with Gasteiger partial charge in [0.2, 0.25) is 0 Å². The molecule has 0 saturated heterocycles. The number of rotatable bonds is 1. The average Bonchev–Trinajstić information content (AvgIpc) is 3.51. The normalized spacial score (nSPS) is 25.6. The van der Waals surface area contributed by atoms with E-state index in [1.54, 1.807) is 11.8 Å². The molecule has 0 amide bonds. The van der Waals surface area contributed by atoms with E-state index in [-0.39, 0.29) is 5.37 Å². The van der Waals surface area contributed by atoms with Crippen LogP contribution in [-0.2, 0) is 0 Å². The van der Waals surface area contributed by atoms with Crippen LogP contribution < -0.4 is 0 Å². The van der Waals surface area contributed by atoms with Crippen molar-refractivity contribution in [1.82, 2.24) is 4.90 Å². The first kappa shape index (κ1) is 17.4. The Morgan fingerprint density at radius 2 is 1.23 bits per heavy atom. The molecule has 0 aromatic carbocycles. The van der Waals surface area contributed by atoms with Gasteiger partial charge in [-0.2, -0.15) is 0 Å². The van der Waals surface area contributed by atoms with Gasteiger partial charge in [-0.05, 0) is 72.2 Å². The number of thioether (sulfide) groups is 1. The smallest absolute Gasteiger partial charge is 0.106 e. The van der Waals surface area contributed by atoms with Crippen LogP contribution in [0.1, 0.15) is 0 Å². The fourth-order valence-electron chi connectivity index (χ4n) is 3.79. The molecule has 6 rings (SSSR count). The molecule has 0 radical (unpaired) electrons. The highest BCUT2D eigenvalue weighted by molar-refractivity contribution is 8.03. The molecule has 1 unspecified atom stereocenters. The Kier molecular flexibility index (Phi) is 3.92. The summed E-state index contributed by atoms with van der Waals surface area (Å²) in [4.78, 5) is 21.2. The highest BCUT2D eigenvalue weighted by Crippen LogP contribution is 2.35. The van der Waals surface area contributed by atoms with Crippen LogP contribution in [0.5, 0.6) is 0 Å². The van der Waals surface area contributed by atoms with Crippen molar-refractivity contribution in [2.45, 2.75) is 5.37 Å². The summed E-state index contributed by atoms with van der Waals surface area (Å²) >= 11 is 1.78. The predicted molar refractivity (Wildman–Crippen MR) is 126 cm³/mol. The molecular formula is C24H17N5S. The molecule has 0 saturated carbocycles. The molecular weight excluding hydrogens is 390 g/mol. The fourth-order valence-corrected chi connectivity index (χ4v) is 4.80. The van der Waals surface area contributed by atoms with E-state index >= 15 is 0 Å². The van der Waals surface area contributed by atoms with Crippen molar-refractivity contribution in [3.8, 4) is 0 Å². The van der Waals surface area contributed by atoms with Gasteiger partial charge in [-0.3, -0.25) is 0 Å². The lowest BCUT2D eigenvalue weighted by atomic mass is 10.1. The number of aliphatic imine (C=N–C) groups is 4. The summed E-state index contributed by atoms with van der Waals surface area (Å²) in [6.45, 7) is 0. The van der Waals surface area contributed by atoms with Crippen molar-refractivity contribution in [3.05, 3.63) is 107 Å². The lowest BCUT2D eigenvalue weighted by Crippen LogP contribution is -2.24. The Morgan fingerprint density at radius 1 is 0.667 bits per heavy atom. The number of hydrogen-bond acceptors (Lipinski definition) is 6. The molecule has 6 heterocycles. The molecule has 0 aromatic rings. The van der Waals surface area contributed by atoms with Gasteiger partial charge in [-0.15, -0.1) is 11.8 Å². The minimum atomic E-state index is 0.206. The Morgan fingerprint density at radius 3 is 1.80 bits per heavy atom. The van der Waals surface area contributed by atoms with Gasteiger partial charge in [0.05, 0.1) is 45.6 Å². The number of nitrogens with zero attached hydrogens (tertiary/aromatic N) is 5. The third-order valence-corrected chi connectivity index (χ3v) is 6.33. The van der Waals surface area contributed by atoms with Crippen LogP contribution in [0, 0.1) is 0 Å². The zero-order valence-corrected chi connectivity index (χ0v) is 17.0. The van der Waals surface area contributed by atoms with E-state index in [4.69, 9.17) is 15.0 Å². The van der Waals surface area contributed by atoms with Gasteiger partial charge in [0.1, 0.15) is 5.37 Å². The lowest BCUT2D eigenvalue weighted by molar-refractivity contribution is 0.482. The van der Waals surface area contributed by atoms with Crippen LogP contribution in [-0.4, -0.2) is 40.2 Å². The van der Waals surface area contributed by atoms with E-state index in [2.05, 4.69) is 40.7 Å². The minimum absolute atomic E-state index is 0.206. The second kappa shape index (κ2) is 6.78. The van der Waals surface area contributed by atoms with Gasteiger partial charge in [0.15, 0.2) is 0 Å². The van der Waals surface area contributed by atoms with Crippen LogP contribution >= 0.6 is 11.8 Å². The molecule has 0 spiro atoms. The van der Waals surface area contributed by atoms with Crippen molar-refractivity contribution in [3.63, 3.8) is 0 Å². The van der Waals surface area contributed by atoms with E-state index in [1.807, 2.05) is 54.7 Å². The summed E-state index contributed by atoms with van der Waals surface area (Å²) in [6.07, 6.45) is 24.4. The van der Waals surface area contributed by atoms with Crippen LogP contribution in [0.15, 0.2) is 127 Å². The Balaban J connectivity index is 1.48. The predicted octanol–water partition coefficient (Wildman–Crippen LogP) is 4.42. The molecule has 144 valence electrons.